The van der Waals surface area contributed by atoms with E-state index in [0.717, 1.165) is 25.9 Å². The molecule has 1 unspecified atom stereocenters. The summed E-state index contributed by atoms with van der Waals surface area (Å²) in [6, 6.07) is -0.0698. The van der Waals surface area contributed by atoms with Gasteiger partial charge in [0.05, 0.1) is 5.60 Å². The lowest BCUT2D eigenvalue weighted by atomic mass is 9.99. The summed E-state index contributed by atoms with van der Waals surface area (Å²) in [4.78, 5) is 13.7. The Labute approximate surface area is 109 Å². The van der Waals surface area contributed by atoms with Crippen molar-refractivity contribution >= 4 is 6.03 Å². The number of methoxy groups -OCH3 is 1. The van der Waals surface area contributed by atoms with Gasteiger partial charge in [-0.15, -0.1) is 0 Å². The van der Waals surface area contributed by atoms with Crippen LogP contribution < -0.4 is 5.32 Å². The van der Waals surface area contributed by atoms with Gasteiger partial charge in [0.15, 0.2) is 0 Å². The molecule has 5 heteroatoms. The Morgan fingerprint density at radius 3 is 2.67 bits per heavy atom. The van der Waals surface area contributed by atoms with E-state index in [1.54, 1.807) is 14.0 Å². The summed E-state index contributed by atoms with van der Waals surface area (Å²) in [5, 5.41) is 12.8. The van der Waals surface area contributed by atoms with Crippen molar-refractivity contribution in [2.75, 3.05) is 33.4 Å². The molecule has 2 amide bonds. The minimum absolute atomic E-state index is 0.0698. The highest BCUT2D eigenvalue weighted by Crippen LogP contribution is 2.16. The minimum atomic E-state index is -0.908. The first-order chi connectivity index (χ1) is 8.44. The number of hydrogen-bond acceptors (Lipinski definition) is 3. The first-order valence-electron chi connectivity index (χ1n) is 6.69. The number of rotatable bonds is 5. The van der Waals surface area contributed by atoms with Gasteiger partial charge in [-0.05, 0) is 25.7 Å². The molecule has 0 radical (unpaired) electrons. The smallest absolute Gasteiger partial charge is 0.317 e. The molecule has 0 aromatic heterocycles. The second-order valence-corrected chi connectivity index (χ2v) is 5.57. The molecule has 0 aliphatic carbocycles. The lowest BCUT2D eigenvalue weighted by Gasteiger charge is -2.31. The number of nitrogens with zero attached hydrogens (tertiary/aromatic N) is 1. The highest BCUT2D eigenvalue weighted by atomic mass is 16.5. The van der Waals surface area contributed by atoms with Crippen molar-refractivity contribution in [1.29, 1.82) is 0 Å². The van der Waals surface area contributed by atoms with Crippen LogP contribution in [-0.4, -0.2) is 55.0 Å². The predicted octanol–water partition coefficient (Wildman–Crippen LogP) is 1.22. The van der Waals surface area contributed by atoms with Crippen molar-refractivity contribution in [3.63, 3.8) is 0 Å². The zero-order valence-electron chi connectivity index (χ0n) is 11.7. The number of ether oxygens (including phenoxy) is 1. The van der Waals surface area contributed by atoms with Gasteiger partial charge in [0.25, 0.3) is 0 Å². The fourth-order valence-electron chi connectivity index (χ4n) is 2.00. The van der Waals surface area contributed by atoms with Crippen LogP contribution in [0.2, 0.25) is 0 Å². The topological polar surface area (TPSA) is 61.8 Å². The van der Waals surface area contributed by atoms with Gasteiger partial charge in [0.2, 0.25) is 0 Å². The van der Waals surface area contributed by atoms with Crippen LogP contribution in [0, 0.1) is 5.92 Å². The van der Waals surface area contributed by atoms with Crippen LogP contribution in [0.3, 0.4) is 0 Å². The fourth-order valence-corrected chi connectivity index (χ4v) is 2.00. The van der Waals surface area contributed by atoms with Gasteiger partial charge in [0, 0.05) is 39.8 Å². The van der Waals surface area contributed by atoms with E-state index in [1.807, 2.05) is 4.90 Å². The number of urea groups is 1. The van der Waals surface area contributed by atoms with Crippen LogP contribution in [0.15, 0.2) is 0 Å². The quantitative estimate of drug-likeness (QED) is 0.779. The third-order valence-electron chi connectivity index (χ3n) is 3.54. The van der Waals surface area contributed by atoms with E-state index in [4.69, 9.17) is 4.74 Å². The monoisotopic (exact) mass is 258 g/mol. The Bertz CT molecular complexity index is 261. The number of hydrogen-bond donors (Lipinski definition) is 2. The van der Waals surface area contributed by atoms with Crippen LogP contribution >= 0.6 is 0 Å². The minimum Gasteiger partial charge on any atom is -0.388 e. The van der Waals surface area contributed by atoms with Gasteiger partial charge in [-0.3, -0.25) is 0 Å². The summed E-state index contributed by atoms with van der Waals surface area (Å²) in [6.07, 6.45) is 2.64. The average molecular weight is 258 g/mol. The van der Waals surface area contributed by atoms with Gasteiger partial charge in [-0.2, -0.15) is 0 Å². The number of piperidine rings is 1. The predicted molar refractivity (Wildman–Crippen MR) is 70.5 cm³/mol. The maximum atomic E-state index is 11.9. The zero-order valence-corrected chi connectivity index (χ0v) is 11.7. The summed E-state index contributed by atoms with van der Waals surface area (Å²) < 4.78 is 4.93. The fraction of sp³-hybridized carbons (Fsp3) is 0.923. The second kappa shape index (κ2) is 6.95. The number of carbonyl (C=O) groups excluding carboxylic acids is 1. The van der Waals surface area contributed by atoms with E-state index in [1.165, 1.54) is 0 Å². The zero-order chi connectivity index (χ0) is 13.6. The molecule has 1 rings (SSSR count). The van der Waals surface area contributed by atoms with Gasteiger partial charge in [0.1, 0.15) is 0 Å². The van der Waals surface area contributed by atoms with E-state index in [-0.39, 0.29) is 12.6 Å². The largest absolute Gasteiger partial charge is 0.388 e. The summed E-state index contributed by atoms with van der Waals surface area (Å²) >= 11 is 0. The summed E-state index contributed by atoms with van der Waals surface area (Å²) in [7, 11) is 1.60. The lowest BCUT2D eigenvalue weighted by molar-refractivity contribution is 0.0256. The van der Waals surface area contributed by atoms with E-state index < -0.39 is 5.60 Å². The molecule has 0 saturated carbocycles. The maximum Gasteiger partial charge on any atom is 0.317 e. The molecule has 1 heterocycles. The highest BCUT2D eigenvalue weighted by molar-refractivity contribution is 5.74. The van der Waals surface area contributed by atoms with E-state index in [9.17, 15) is 9.90 Å². The van der Waals surface area contributed by atoms with E-state index in [0.29, 0.717) is 18.9 Å². The summed E-state index contributed by atoms with van der Waals surface area (Å²) in [6.45, 7) is 6.31. The Hall–Kier alpha value is -0.810. The maximum absolute atomic E-state index is 11.9. The first-order valence-corrected chi connectivity index (χ1v) is 6.69. The van der Waals surface area contributed by atoms with Crippen molar-refractivity contribution in [3.8, 4) is 0 Å². The molecule has 0 spiro atoms. The number of aliphatic hydroxyl groups is 1. The number of nitrogens with one attached hydrogen (secondary N) is 1. The SMILES string of the molecule is COCCC(C)(O)CNC(=O)N1CCC(C)CC1. The Morgan fingerprint density at radius 1 is 1.50 bits per heavy atom. The molecule has 5 nitrogen and oxygen atoms in total. The third-order valence-corrected chi connectivity index (χ3v) is 3.54. The van der Waals surface area contributed by atoms with Crippen molar-refractivity contribution in [2.45, 2.75) is 38.7 Å². The number of carbonyl (C=O) groups is 1. The van der Waals surface area contributed by atoms with E-state index >= 15 is 0 Å². The molecule has 1 fully saturated rings. The standard InChI is InChI=1S/C13H26N2O3/c1-11-4-7-15(8-5-11)12(16)14-10-13(2,17)6-9-18-3/h11,17H,4-10H2,1-3H3,(H,14,16). The van der Waals surface area contributed by atoms with Crippen molar-refractivity contribution < 1.29 is 14.6 Å². The van der Waals surface area contributed by atoms with Crippen LogP contribution in [0.5, 0.6) is 0 Å². The molecule has 1 atom stereocenters. The second-order valence-electron chi connectivity index (χ2n) is 5.57. The lowest BCUT2D eigenvalue weighted by Crippen LogP contribution is -2.49. The van der Waals surface area contributed by atoms with Crippen LogP contribution in [0.4, 0.5) is 4.79 Å². The Balaban J connectivity index is 2.27. The molecule has 1 aliphatic rings. The molecule has 0 bridgehead atoms. The van der Waals surface area contributed by atoms with E-state index in [2.05, 4.69) is 12.2 Å². The molecular formula is C13H26N2O3. The molecular weight excluding hydrogens is 232 g/mol. The van der Waals surface area contributed by atoms with Crippen molar-refractivity contribution in [1.82, 2.24) is 10.2 Å². The Morgan fingerprint density at radius 2 is 2.11 bits per heavy atom. The third kappa shape index (κ3) is 5.23. The summed E-state index contributed by atoms with van der Waals surface area (Å²) in [5.74, 6) is 0.707. The molecule has 18 heavy (non-hydrogen) atoms. The highest BCUT2D eigenvalue weighted by Gasteiger charge is 2.24. The first kappa shape index (κ1) is 15.2. The molecule has 1 aliphatic heterocycles. The Kier molecular flexibility index (Phi) is 5.88. The van der Waals surface area contributed by atoms with Gasteiger partial charge < -0.3 is 20.1 Å². The van der Waals surface area contributed by atoms with Gasteiger partial charge >= 0.3 is 6.03 Å². The van der Waals surface area contributed by atoms with Crippen molar-refractivity contribution in [3.05, 3.63) is 0 Å². The number of amides is 2. The molecule has 2 N–H and O–H groups in total. The molecule has 106 valence electrons. The van der Waals surface area contributed by atoms with Crippen LogP contribution in [0.25, 0.3) is 0 Å². The normalized spacial score (nSPS) is 20.6. The van der Waals surface area contributed by atoms with Crippen molar-refractivity contribution in [2.24, 2.45) is 5.92 Å². The molecule has 0 aromatic rings. The molecule has 0 aromatic carbocycles. The average Bonchev–Trinajstić information content (AvgIpc) is 2.35. The van der Waals surface area contributed by atoms with Gasteiger partial charge in [-0.25, -0.2) is 4.79 Å². The molecule has 1 saturated heterocycles. The van der Waals surface area contributed by atoms with Crippen LogP contribution in [-0.2, 0) is 4.74 Å². The summed E-state index contributed by atoms with van der Waals surface area (Å²) in [5.41, 5.74) is -0.908. The van der Waals surface area contributed by atoms with Crippen LogP contribution in [0.1, 0.15) is 33.1 Å². The van der Waals surface area contributed by atoms with Gasteiger partial charge in [-0.1, -0.05) is 6.92 Å². The number of likely N-dealkylation sites (tertiary alicyclic amines) is 1.